The number of fused-ring (bicyclic) bond motifs is 1. The number of nitrogens with zero attached hydrogens (tertiary/aromatic N) is 2. The molecule has 2 rings (SSSR count). The van der Waals surface area contributed by atoms with E-state index in [0.717, 1.165) is 0 Å². The van der Waals surface area contributed by atoms with Gasteiger partial charge in [0.05, 0.1) is 11.6 Å². The van der Waals surface area contributed by atoms with Gasteiger partial charge in [-0.2, -0.15) is 5.26 Å². The van der Waals surface area contributed by atoms with Gasteiger partial charge in [-0.05, 0) is 31.9 Å². The highest BCUT2D eigenvalue weighted by Gasteiger charge is 2.42. The molecule has 28 heavy (non-hydrogen) atoms. The van der Waals surface area contributed by atoms with Gasteiger partial charge in [0.15, 0.2) is 6.10 Å². The smallest absolute Gasteiger partial charge is 0.327 e. The SMILES string of the molecule is CC(OC(=O)CN1C(=O)c2ccccc2S1(=O)=O)C(=O)NC(C)(C#N)C(C)C. The van der Waals surface area contributed by atoms with Crippen LogP contribution < -0.4 is 5.32 Å². The number of esters is 1. The third-order valence-corrected chi connectivity index (χ3v) is 6.42. The maximum atomic E-state index is 12.4. The minimum absolute atomic E-state index is 0.0252. The van der Waals surface area contributed by atoms with Gasteiger partial charge < -0.3 is 10.1 Å². The molecule has 0 saturated heterocycles. The Morgan fingerprint density at radius 2 is 1.89 bits per heavy atom. The molecule has 0 fully saturated rings. The molecule has 150 valence electrons. The van der Waals surface area contributed by atoms with E-state index in [2.05, 4.69) is 5.32 Å². The Morgan fingerprint density at radius 1 is 1.29 bits per heavy atom. The number of sulfonamides is 1. The molecule has 0 bridgehead atoms. The Kier molecular flexibility index (Phi) is 5.80. The molecular formula is C18H21N3O6S. The van der Waals surface area contributed by atoms with Crippen LogP contribution in [0.25, 0.3) is 0 Å². The van der Waals surface area contributed by atoms with Crippen molar-refractivity contribution in [2.45, 2.75) is 44.2 Å². The van der Waals surface area contributed by atoms with Crippen LogP contribution >= 0.6 is 0 Å². The van der Waals surface area contributed by atoms with E-state index in [-0.39, 0.29) is 16.4 Å². The molecule has 1 heterocycles. The second-order valence-corrected chi connectivity index (χ2v) is 8.73. The molecule has 2 amide bonds. The van der Waals surface area contributed by atoms with Gasteiger partial charge in [0.25, 0.3) is 21.8 Å². The zero-order valence-corrected chi connectivity index (χ0v) is 16.7. The number of nitrogens with one attached hydrogen (secondary N) is 1. The number of ether oxygens (including phenoxy) is 1. The van der Waals surface area contributed by atoms with Gasteiger partial charge in [-0.1, -0.05) is 26.0 Å². The van der Waals surface area contributed by atoms with Crippen molar-refractivity contribution in [3.63, 3.8) is 0 Å². The average Bonchev–Trinajstić information content (AvgIpc) is 2.82. The quantitative estimate of drug-likeness (QED) is 0.690. The van der Waals surface area contributed by atoms with Crippen LogP contribution in [0.4, 0.5) is 0 Å². The number of carbonyl (C=O) groups excluding carboxylic acids is 3. The molecule has 10 heteroatoms. The molecule has 2 unspecified atom stereocenters. The fourth-order valence-electron chi connectivity index (χ4n) is 2.45. The summed E-state index contributed by atoms with van der Waals surface area (Å²) in [6.45, 7) is 5.48. The van der Waals surface area contributed by atoms with E-state index in [1.165, 1.54) is 38.1 Å². The van der Waals surface area contributed by atoms with Crippen LogP contribution in [0.1, 0.15) is 38.1 Å². The molecule has 0 saturated carbocycles. The second kappa shape index (κ2) is 7.59. The lowest BCUT2D eigenvalue weighted by Crippen LogP contribution is -2.52. The van der Waals surface area contributed by atoms with Crippen LogP contribution in [0.5, 0.6) is 0 Å². The molecule has 2 atom stereocenters. The van der Waals surface area contributed by atoms with Gasteiger partial charge in [0.2, 0.25) is 0 Å². The van der Waals surface area contributed by atoms with E-state index >= 15 is 0 Å². The molecule has 9 nitrogen and oxygen atoms in total. The van der Waals surface area contributed by atoms with Crippen LogP contribution in [-0.2, 0) is 24.3 Å². The normalized spacial score (nSPS) is 18.0. The molecule has 1 aliphatic heterocycles. The standard InChI is InChI=1S/C18H21N3O6S/c1-11(2)18(4,10-19)20-16(23)12(3)27-15(22)9-21-17(24)13-7-5-6-8-14(13)28(21,25)26/h5-8,11-12H,9H2,1-4H3,(H,20,23). The van der Waals surface area contributed by atoms with Gasteiger partial charge in [0, 0.05) is 0 Å². The van der Waals surface area contributed by atoms with Gasteiger partial charge in [-0.25, -0.2) is 12.7 Å². The fourth-order valence-corrected chi connectivity index (χ4v) is 3.96. The molecule has 1 N–H and O–H groups in total. The molecule has 0 spiro atoms. The highest BCUT2D eigenvalue weighted by molar-refractivity contribution is 7.90. The van der Waals surface area contributed by atoms with E-state index in [1.54, 1.807) is 13.8 Å². The molecular weight excluding hydrogens is 386 g/mol. The predicted octanol–water partition coefficient (Wildman–Crippen LogP) is 0.817. The van der Waals surface area contributed by atoms with Gasteiger partial charge >= 0.3 is 5.97 Å². The summed E-state index contributed by atoms with van der Waals surface area (Å²) in [5.41, 5.74) is -1.18. The lowest BCUT2D eigenvalue weighted by molar-refractivity contribution is -0.155. The van der Waals surface area contributed by atoms with Crippen molar-refractivity contribution in [2.24, 2.45) is 5.92 Å². The Bertz CT molecular complexity index is 966. The van der Waals surface area contributed by atoms with Gasteiger partial charge in [-0.15, -0.1) is 0 Å². The maximum absolute atomic E-state index is 12.4. The largest absolute Gasteiger partial charge is 0.451 e. The first kappa shape index (κ1) is 21.4. The molecule has 0 aliphatic carbocycles. The molecule has 0 radical (unpaired) electrons. The van der Waals surface area contributed by atoms with E-state index in [1.807, 2.05) is 6.07 Å². The van der Waals surface area contributed by atoms with Crippen LogP contribution in [0.15, 0.2) is 29.2 Å². The molecule has 1 aliphatic rings. The highest BCUT2D eigenvalue weighted by Crippen LogP contribution is 2.29. The van der Waals surface area contributed by atoms with Crippen LogP contribution in [0.3, 0.4) is 0 Å². The number of nitriles is 1. The number of carbonyl (C=O) groups is 3. The summed E-state index contributed by atoms with van der Waals surface area (Å²) in [7, 11) is -4.15. The van der Waals surface area contributed by atoms with Crippen LogP contribution in [0, 0.1) is 17.2 Å². The minimum Gasteiger partial charge on any atom is -0.451 e. The maximum Gasteiger partial charge on any atom is 0.327 e. The summed E-state index contributed by atoms with van der Waals surface area (Å²) in [6.07, 6.45) is -1.28. The summed E-state index contributed by atoms with van der Waals surface area (Å²) < 4.78 is 30.2. The molecule has 0 aromatic heterocycles. The van der Waals surface area contributed by atoms with Gasteiger partial charge in [0.1, 0.15) is 17.0 Å². The Labute approximate surface area is 163 Å². The fraction of sp³-hybridized carbons (Fsp3) is 0.444. The van der Waals surface area contributed by atoms with Crippen LogP contribution in [-0.4, -0.2) is 48.7 Å². The van der Waals surface area contributed by atoms with E-state index in [4.69, 9.17) is 4.74 Å². The second-order valence-electron chi connectivity index (χ2n) is 6.90. The van der Waals surface area contributed by atoms with Crippen molar-refractivity contribution < 1.29 is 27.5 Å². The summed E-state index contributed by atoms with van der Waals surface area (Å²) in [4.78, 5) is 36.5. The van der Waals surface area contributed by atoms with Crippen LogP contribution in [0.2, 0.25) is 0 Å². The zero-order valence-electron chi connectivity index (χ0n) is 15.9. The van der Waals surface area contributed by atoms with E-state index in [9.17, 15) is 28.1 Å². The van der Waals surface area contributed by atoms with Crippen molar-refractivity contribution >= 4 is 27.8 Å². The summed E-state index contributed by atoms with van der Waals surface area (Å²) in [5.74, 6) is -2.79. The number of rotatable bonds is 6. The number of amides is 2. The van der Waals surface area contributed by atoms with Crippen molar-refractivity contribution in [1.29, 1.82) is 5.26 Å². The Hall–Kier alpha value is -2.93. The first-order chi connectivity index (χ1) is 12.9. The Morgan fingerprint density at radius 3 is 2.43 bits per heavy atom. The topological polar surface area (TPSA) is 134 Å². The first-order valence-corrected chi connectivity index (χ1v) is 9.97. The highest BCUT2D eigenvalue weighted by atomic mass is 32.2. The minimum atomic E-state index is -4.15. The number of hydrogen-bond acceptors (Lipinski definition) is 7. The van der Waals surface area contributed by atoms with E-state index in [0.29, 0.717) is 4.31 Å². The zero-order chi connectivity index (χ0) is 21.3. The lowest BCUT2D eigenvalue weighted by Gasteiger charge is -2.28. The average molecular weight is 407 g/mol. The summed E-state index contributed by atoms with van der Waals surface area (Å²) in [5, 5.41) is 11.8. The predicted molar refractivity (Wildman–Crippen MR) is 97.2 cm³/mol. The first-order valence-electron chi connectivity index (χ1n) is 8.53. The van der Waals surface area contributed by atoms with Crippen molar-refractivity contribution in [2.75, 3.05) is 6.54 Å². The summed E-state index contributed by atoms with van der Waals surface area (Å²) >= 11 is 0. The van der Waals surface area contributed by atoms with Crippen molar-refractivity contribution in [1.82, 2.24) is 9.62 Å². The third-order valence-electron chi connectivity index (χ3n) is 4.63. The third kappa shape index (κ3) is 3.84. The monoisotopic (exact) mass is 407 g/mol. The molecule has 1 aromatic carbocycles. The van der Waals surface area contributed by atoms with Crippen molar-refractivity contribution in [3.8, 4) is 6.07 Å². The number of hydrogen-bond donors (Lipinski definition) is 1. The van der Waals surface area contributed by atoms with E-state index < -0.39 is 46.0 Å². The Balaban J connectivity index is 2.06. The van der Waals surface area contributed by atoms with Gasteiger partial charge in [-0.3, -0.25) is 14.4 Å². The summed E-state index contributed by atoms with van der Waals surface area (Å²) in [6, 6.07) is 7.61. The lowest BCUT2D eigenvalue weighted by atomic mass is 9.90. The van der Waals surface area contributed by atoms with Crippen molar-refractivity contribution in [3.05, 3.63) is 29.8 Å². The molecule has 1 aromatic rings. The number of benzene rings is 1.